The van der Waals surface area contributed by atoms with Crippen LogP contribution in [0.4, 0.5) is 18.9 Å². The van der Waals surface area contributed by atoms with Gasteiger partial charge in [-0.15, -0.1) is 0 Å². The number of rotatable bonds is 3. The van der Waals surface area contributed by atoms with Gasteiger partial charge in [0.2, 0.25) is 0 Å². The molecular weight excluding hydrogens is 349 g/mol. The molecular formula is C17H23F3N4O2. The standard InChI is InChI=1S/C17H23F3N4O2/c1-21-16(23-13-5-6-24(10-13)11-17(18,19)20)22-12-3-4-14-15(9-12)26-8-2-7-25-14/h3-4,9,13H,2,5-8,10-11H2,1H3,(H2,21,22,23). The number of nitrogens with zero attached hydrogens (tertiary/aromatic N) is 2. The number of halogens is 3. The van der Waals surface area contributed by atoms with Crippen LogP contribution < -0.4 is 20.1 Å². The number of hydrogen-bond acceptors (Lipinski definition) is 4. The minimum atomic E-state index is -4.17. The van der Waals surface area contributed by atoms with Gasteiger partial charge in [-0.1, -0.05) is 0 Å². The topological polar surface area (TPSA) is 58.1 Å². The fraction of sp³-hybridized carbons (Fsp3) is 0.588. The van der Waals surface area contributed by atoms with Crippen molar-refractivity contribution >= 4 is 11.6 Å². The molecule has 3 rings (SSSR count). The Morgan fingerprint density at radius 3 is 2.77 bits per heavy atom. The second kappa shape index (κ2) is 8.03. The second-order valence-corrected chi connectivity index (χ2v) is 6.39. The van der Waals surface area contributed by atoms with Crippen LogP contribution in [0, 0.1) is 0 Å². The van der Waals surface area contributed by atoms with E-state index in [1.165, 1.54) is 4.90 Å². The van der Waals surface area contributed by atoms with Gasteiger partial charge in [0, 0.05) is 44.4 Å². The van der Waals surface area contributed by atoms with Crippen LogP contribution in [0.2, 0.25) is 0 Å². The number of nitrogens with one attached hydrogen (secondary N) is 2. The molecule has 2 aliphatic rings. The minimum absolute atomic E-state index is 0.0797. The third kappa shape index (κ3) is 5.17. The van der Waals surface area contributed by atoms with Crippen molar-refractivity contribution < 1.29 is 22.6 Å². The van der Waals surface area contributed by atoms with E-state index in [4.69, 9.17) is 9.47 Å². The van der Waals surface area contributed by atoms with Crippen molar-refractivity contribution in [2.45, 2.75) is 25.1 Å². The van der Waals surface area contributed by atoms with Crippen LogP contribution in [0.15, 0.2) is 23.2 Å². The minimum Gasteiger partial charge on any atom is -0.490 e. The second-order valence-electron chi connectivity index (χ2n) is 6.39. The van der Waals surface area contributed by atoms with Crippen molar-refractivity contribution in [3.63, 3.8) is 0 Å². The average Bonchev–Trinajstić information content (AvgIpc) is 2.87. The summed E-state index contributed by atoms with van der Waals surface area (Å²) >= 11 is 0. The predicted octanol–water partition coefficient (Wildman–Crippen LogP) is 2.47. The maximum Gasteiger partial charge on any atom is 0.401 e. The lowest BCUT2D eigenvalue weighted by atomic mass is 10.2. The highest BCUT2D eigenvalue weighted by molar-refractivity contribution is 5.94. The predicted molar refractivity (Wildman–Crippen MR) is 93.1 cm³/mol. The summed E-state index contributed by atoms with van der Waals surface area (Å²) in [7, 11) is 1.63. The summed E-state index contributed by atoms with van der Waals surface area (Å²) in [5.41, 5.74) is 0.771. The first-order valence-electron chi connectivity index (χ1n) is 8.62. The zero-order valence-corrected chi connectivity index (χ0v) is 14.6. The summed E-state index contributed by atoms with van der Waals surface area (Å²) in [6.45, 7) is 1.10. The van der Waals surface area contributed by atoms with Gasteiger partial charge in [0.1, 0.15) is 0 Å². The zero-order valence-electron chi connectivity index (χ0n) is 14.6. The Bertz CT molecular complexity index is 651. The Labute approximate surface area is 150 Å². The summed E-state index contributed by atoms with van der Waals surface area (Å²) in [5, 5.41) is 6.33. The highest BCUT2D eigenvalue weighted by atomic mass is 19.4. The molecule has 9 heteroatoms. The van der Waals surface area contributed by atoms with Crippen LogP contribution in [0.5, 0.6) is 11.5 Å². The summed E-state index contributed by atoms with van der Waals surface area (Å²) in [4.78, 5) is 5.56. The van der Waals surface area contributed by atoms with Gasteiger partial charge >= 0.3 is 6.18 Å². The largest absolute Gasteiger partial charge is 0.490 e. The Morgan fingerprint density at radius 2 is 2.04 bits per heavy atom. The van der Waals surface area contributed by atoms with Gasteiger partial charge in [0.25, 0.3) is 0 Å². The molecule has 1 aromatic carbocycles. The first-order chi connectivity index (χ1) is 12.4. The number of guanidine groups is 1. The van der Waals surface area contributed by atoms with Crippen LogP contribution in [0.1, 0.15) is 12.8 Å². The summed E-state index contributed by atoms with van der Waals surface area (Å²) in [6, 6.07) is 5.43. The van der Waals surface area contributed by atoms with Crippen molar-refractivity contribution in [3.05, 3.63) is 18.2 Å². The van der Waals surface area contributed by atoms with Gasteiger partial charge in [-0.05, 0) is 18.6 Å². The molecule has 144 valence electrons. The first kappa shape index (κ1) is 18.6. The molecule has 1 saturated heterocycles. The molecule has 0 spiro atoms. The fourth-order valence-electron chi connectivity index (χ4n) is 3.08. The van der Waals surface area contributed by atoms with Crippen LogP contribution in [0.3, 0.4) is 0 Å². The summed E-state index contributed by atoms with van der Waals surface area (Å²) in [6.07, 6.45) is -2.70. The number of benzene rings is 1. The molecule has 1 unspecified atom stereocenters. The van der Waals surface area contributed by atoms with E-state index >= 15 is 0 Å². The van der Waals surface area contributed by atoms with E-state index in [-0.39, 0.29) is 6.04 Å². The number of likely N-dealkylation sites (tertiary alicyclic amines) is 1. The lowest BCUT2D eigenvalue weighted by Gasteiger charge is -2.20. The van der Waals surface area contributed by atoms with Crippen molar-refractivity contribution in [3.8, 4) is 11.5 Å². The number of hydrogen-bond donors (Lipinski definition) is 2. The van der Waals surface area contributed by atoms with Crippen molar-refractivity contribution in [2.75, 3.05) is 45.2 Å². The van der Waals surface area contributed by atoms with Gasteiger partial charge < -0.3 is 20.1 Å². The molecule has 2 N–H and O–H groups in total. The average molecular weight is 372 g/mol. The van der Waals surface area contributed by atoms with E-state index in [2.05, 4.69) is 15.6 Å². The molecule has 0 radical (unpaired) electrons. The molecule has 6 nitrogen and oxygen atoms in total. The monoisotopic (exact) mass is 372 g/mol. The molecule has 26 heavy (non-hydrogen) atoms. The van der Waals surface area contributed by atoms with Crippen LogP contribution in [-0.2, 0) is 0 Å². The number of ether oxygens (including phenoxy) is 2. The molecule has 0 amide bonds. The SMILES string of the molecule is CN=C(Nc1ccc2c(c1)OCCCO2)NC1CCN(CC(F)(F)F)C1. The highest BCUT2D eigenvalue weighted by Gasteiger charge is 2.34. The Balaban J connectivity index is 1.56. The molecule has 0 saturated carbocycles. The first-order valence-corrected chi connectivity index (χ1v) is 8.62. The molecule has 2 aliphatic heterocycles. The fourth-order valence-corrected chi connectivity index (χ4v) is 3.08. The third-order valence-corrected chi connectivity index (χ3v) is 4.25. The highest BCUT2D eigenvalue weighted by Crippen LogP contribution is 2.32. The van der Waals surface area contributed by atoms with E-state index in [1.54, 1.807) is 7.05 Å². The van der Waals surface area contributed by atoms with Gasteiger partial charge in [-0.25, -0.2) is 0 Å². The van der Waals surface area contributed by atoms with E-state index in [0.29, 0.717) is 50.2 Å². The van der Waals surface area contributed by atoms with E-state index in [9.17, 15) is 13.2 Å². The van der Waals surface area contributed by atoms with Gasteiger partial charge in [-0.3, -0.25) is 9.89 Å². The molecule has 0 aliphatic carbocycles. The van der Waals surface area contributed by atoms with Crippen LogP contribution in [0.25, 0.3) is 0 Å². The Kier molecular flexibility index (Phi) is 5.75. The van der Waals surface area contributed by atoms with Crippen LogP contribution >= 0.6 is 0 Å². The van der Waals surface area contributed by atoms with Crippen molar-refractivity contribution in [1.82, 2.24) is 10.2 Å². The molecule has 1 aromatic rings. The number of fused-ring (bicyclic) bond motifs is 1. The normalized spacial score (nSPS) is 21.4. The van der Waals surface area contributed by atoms with Gasteiger partial charge in [0.15, 0.2) is 17.5 Å². The van der Waals surface area contributed by atoms with E-state index in [1.807, 2.05) is 18.2 Å². The Morgan fingerprint density at radius 1 is 1.27 bits per heavy atom. The van der Waals surface area contributed by atoms with Gasteiger partial charge in [0.05, 0.1) is 19.8 Å². The maximum atomic E-state index is 12.5. The number of anilines is 1. The van der Waals surface area contributed by atoms with Crippen molar-refractivity contribution in [2.24, 2.45) is 4.99 Å². The zero-order chi connectivity index (χ0) is 18.6. The van der Waals surface area contributed by atoms with E-state index in [0.717, 1.165) is 12.1 Å². The summed E-state index contributed by atoms with van der Waals surface area (Å²) in [5.74, 6) is 1.88. The number of alkyl halides is 3. The molecule has 0 bridgehead atoms. The third-order valence-electron chi connectivity index (χ3n) is 4.25. The maximum absolute atomic E-state index is 12.5. The van der Waals surface area contributed by atoms with Gasteiger partial charge in [-0.2, -0.15) is 13.2 Å². The van der Waals surface area contributed by atoms with E-state index < -0.39 is 12.7 Å². The quantitative estimate of drug-likeness (QED) is 0.631. The lowest BCUT2D eigenvalue weighted by molar-refractivity contribution is -0.143. The Hall–Kier alpha value is -2.16. The number of aliphatic imine (C=N–C) groups is 1. The molecule has 1 fully saturated rings. The summed E-state index contributed by atoms with van der Waals surface area (Å²) < 4.78 is 48.8. The molecule has 2 heterocycles. The van der Waals surface area contributed by atoms with Crippen LogP contribution in [-0.4, -0.2) is 63.0 Å². The smallest absolute Gasteiger partial charge is 0.401 e. The van der Waals surface area contributed by atoms with Crippen molar-refractivity contribution in [1.29, 1.82) is 0 Å². The molecule has 1 atom stereocenters. The lowest BCUT2D eigenvalue weighted by Crippen LogP contribution is -2.42. The molecule has 0 aromatic heterocycles.